The lowest BCUT2D eigenvalue weighted by Gasteiger charge is -2.25. The number of nitrogens with zero attached hydrogens (tertiary/aromatic N) is 3. The number of benzene rings is 2. The standard InChI is InChI=1S/C23H25N3O/c1-18-9-12-20(13-10-18)22-8-5-15-25(22)23(27)14-11-19-16-24-26(17-19)21-6-3-2-4-7-21/h2-4,6-7,9-10,12-13,16-17,22H,5,8,11,14-15H2,1H3. The fourth-order valence-corrected chi connectivity index (χ4v) is 3.81. The molecule has 0 bridgehead atoms. The lowest BCUT2D eigenvalue weighted by Crippen LogP contribution is -2.30. The van der Waals surface area contributed by atoms with Crippen LogP contribution in [0.25, 0.3) is 5.69 Å². The van der Waals surface area contributed by atoms with E-state index < -0.39 is 0 Å². The minimum Gasteiger partial charge on any atom is -0.336 e. The number of amides is 1. The maximum absolute atomic E-state index is 12.8. The topological polar surface area (TPSA) is 38.1 Å². The Kier molecular flexibility index (Phi) is 5.05. The summed E-state index contributed by atoms with van der Waals surface area (Å²) in [6.07, 6.45) is 7.27. The molecule has 1 aliphatic heterocycles. The van der Waals surface area contributed by atoms with E-state index in [2.05, 4.69) is 41.2 Å². The predicted octanol–water partition coefficient (Wildman–Crippen LogP) is 4.48. The number of carbonyl (C=O) groups excluding carboxylic acids is 1. The Morgan fingerprint density at radius 2 is 1.89 bits per heavy atom. The smallest absolute Gasteiger partial charge is 0.223 e. The van der Waals surface area contributed by atoms with Gasteiger partial charge in [0.25, 0.3) is 0 Å². The van der Waals surface area contributed by atoms with Crippen molar-refractivity contribution in [3.63, 3.8) is 0 Å². The first-order chi connectivity index (χ1) is 13.2. The molecule has 4 rings (SSSR count). The van der Waals surface area contributed by atoms with Crippen molar-refractivity contribution in [2.75, 3.05) is 6.54 Å². The summed E-state index contributed by atoms with van der Waals surface area (Å²) < 4.78 is 1.87. The molecule has 1 amide bonds. The number of aryl methyl sites for hydroxylation is 2. The first-order valence-electron chi connectivity index (χ1n) is 9.66. The summed E-state index contributed by atoms with van der Waals surface area (Å²) in [7, 11) is 0. The van der Waals surface area contributed by atoms with Crippen LogP contribution in [0.3, 0.4) is 0 Å². The monoisotopic (exact) mass is 359 g/mol. The zero-order valence-electron chi connectivity index (χ0n) is 15.7. The van der Waals surface area contributed by atoms with Crippen LogP contribution in [0.1, 0.15) is 42.0 Å². The van der Waals surface area contributed by atoms with Crippen LogP contribution >= 0.6 is 0 Å². The second-order valence-electron chi connectivity index (χ2n) is 7.28. The minimum absolute atomic E-state index is 0.227. The quantitative estimate of drug-likeness (QED) is 0.674. The second kappa shape index (κ2) is 7.78. The van der Waals surface area contributed by atoms with E-state index in [0.717, 1.165) is 37.1 Å². The van der Waals surface area contributed by atoms with Crippen LogP contribution in [0.5, 0.6) is 0 Å². The van der Waals surface area contributed by atoms with E-state index in [1.807, 2.05) is 47.4 Å². The maximum Gasteiger partial charge on any atom is 0.223 e. The molecule has 1 aromatic heterocycles. The fourth-order valence-electron chi connectivity index (χ4n) is 3.81. The highest BCUT2D eigenvalue weighted by atomic mass is 16.2. The SMILES string of the molecule is Cc1ccc(C2CCCN2C(=O)CCc2cnn(-c3ccccc3)c2)cc1. The molecule has 0 spiro atoms. The van der Waals surface area contributed by atoms with Gasteiger partial charge in [0.15, 0.2) is 0 Å². The molecular weight excluding hydrogens is 334 g/mol. The second-order valence-corrected chi connectivity index (χ2v) is 7.28. The molecule has 1 fully saturated rings. The summed E-state index contributed by atoms with van der Waals surface area (Å²) >= 11 is 0. The third kappa shape index (κ3) is 3.95. The first-order valence-corrected chi connectivity index (χ1v) is 9.66. The third-order valence-corrected chi connectivity index (χ3v) is 5.32. The van der Waals surface area contributed by atoms with Gasteiger partial charge in [-0.15, -0.1) is 0 Å². The fraction of sp³-hybridized carbons (Fsp3) is 0.304. The molecular formula is C23H25N3O. The van der Waals surface area contributed by atoms with Gasteiger partial charge in [-0.05, 0) is 49.4 Å². The molecule has 2 aromatic carbocycles. The predicted molar refractivity (Wildman–Crippen MR) is 107 cm³/mol. The van der Waals surface area contributed by atoms with Crippen LogP contribution in [0.4, 0.5) is 0 Å². The van der Waals surface area contributed by atoms with E-state index >= 15 is 0 Å². The molecule has 4 heteroatoms. The van der Waals surface area contributed by atoms with Gasteiger partial charge < -0.3 is 4.90 Å². The van der Waals surface area contributed by atoms with Crippen molar-refractivity contribution >= 4 is 5.91 Å². The zero-order chi connectivity index (χ0) is 18.6. The summed E-state index contributed by atoms with van der Waals surface area (Å²) in [5.74, 6) is 0.241. The van der Waals surface area contributed by atoms with E-state index in [1.165, 1.54) is 11.1 Å². The molecule has 4 nitrogen and oxygen atoms in total. The Bertz CT molecular complexity index is 899. The van der Waals surface area contributed by atoms with Crippen molar-refractivity contribution in [1.29, 1.82) is 0 Å². The lowest BCUT2D eigenvalue weighted by molar-refractivity contribution is -0.132. The van der Waals surface area contributed by atoms with Crippen molar-refractivity contribution in [3.05, 3.63) is 83.7 Å². The lowest BCUT2D eigenvalue weighted by atomic mass is 10.0. The van der Waals surface area contributed by atoms with E-state index in [0.29, 0.717) is 6.42 Å². The summed E-state index contributed by atoms with van der Waals surface area (Å²) in [5.41, 5.74) is 4.64. The van der Waals surface area contributed by atoms with Crippen molar-refractivity contribution < 1.29 is 4.79 Å². The highest BCUT2D eigenvalue weighted by Gasteiger charge is 2.29. The third-order valence-electron chi connectivity index (χ3n) is 5.32. The van der Waals surface area contributed by atoms with Crippen molar-refractivity contribution in [2.45, 2.75) is 38.6 Å². The molecule has 1 saturated heterocycles. The number of hydrogen-bond donors (Lipinski definition) is 0. The summed E-state index contributed by atoms with van der Waals surface area (Å²) in [4.78, 5) is 14.9. The van der Waals surface area contributed by atoms with Crippen molar-refractivity contribution in [1.82, 2.24) is 14.7 Å². The van der Waals surface area contributed by atoms with Gasteiger partial charge in [0.1, 0.15) is 0 Å². The van der Waals surface area contributed by atoms with Gasteiger partial charge in [-0.2, -0.15) is 5.10 Å². The molecule has 27 heavy (non-hydrogen) atoms. The number of likely N-dealkylation sites (tertiary alicyclic amines) is 1. The average Bonchev–Trinajstić information content (AvgIpc) is 3.37. The summed E-state index contributed by atoms with van der Waals surface area (Å²) in [5, 5.41) is 4.42. The molecule has 0 saturated carbocycles. The minimum atomic E-state index is 0.227. The molecule has 1 atom stereocenters. The van der Waals surface area contributed by atoms with E-state index in [9.17, 15) is 4.79 Å². The van der Waals surface area contributed by atoms with Crippen LogP contribution in [0.15, 0.2) is 67.0 Å². The number of hydrogen-bond acceptors (Lipinski definition) is 2. The van der Waals surface area contributed by atoms with E-state index in [4.69, 9.17) is 0 Å². The molecule has 2 heterocycles. The van der Waals surface area contributed by atoms with Gasteiger partial charge in [-0.1, -0.05) is 48.0 Å². The van der Waals surface area contributed by atoms with Crippen LogP contribution in [-0.2, 0) is 11.2 Å². The molecule has 3 aromatic rings. The van der Waals surface area contributed by atoms with Gasteiger partial charge in [0.2, 0.25) is 5.91 Å². The van der Waals surface area contributed by atoms with Gasteiger partial charge in [0.05, 0.1) is 17.9 Å². The van der Waals surface area contributed by atoms with Crippen molar-refractivity contribution in [2.24, 2.45) is 0 Å². The Balaban J connectivity index is 1.39. The highest BCUT2D eigenvalue weighted by molar-refractivity contribution is 5.77. The number of carbonyl (C=O) groups is 1. The van der Waals surface area contributed by atoms with E-state index in [1.54, 1.807) is 0 Å². The van der Waals surface area contributed by atoms with Crippen molar-refractivity contribution in [3.8, 4) is 5.69 Å². The Labute approximate surface area is 160 Å². The number of aromatic nitrogens is 2. The largest absolute Gasteiger partial charge is 0.336 e. The maximum atomic E-state index is 12.8. The first kappa shape index (κ1) is 17.5. The van der Waals surface area contributed by atoms with Crippen LogP contribution in [0, 0.1) is 6.92 Å². The number of rotatable bonds is 5. The summed E-state index contributed by atoms with van der Waals surface area (Å²) in [6, 6.07) is 18.9. The summed E-state index contributed by atoms with van der Waals surface area (Å²) in [6.45, 7) is 2.96. The molecule has 138 valence electrons. The Morgan fingerprint density at radius 1 is 1.11 bits per heavy atom. The van der Waals surface area contributed by atoms with Crippen LogP contribution < -0.4 is 0 Å². The van der Waals surface area contributed by atoms with Crippen LogP contribution in [-0.4, -0.2) is 27.1 Å². The average molecular weight is 359 g/mol. The molecule has 0 N–H and O–H groups in total. The molecule has 0 radical (unpaired) electrons. The molecule has 0 aliphatic carbocycles. The van der Waals surface area contributed by atoms with Gasteiger partial charge >= 0.3 is 0 Å². The van der Waals surface area contributed by atoms with Crippen LogP contribution in [0.2, 0.25) is 0 Å². The van der Waals surface area contributed by atoms with Gasteiger partial charge in [-0.25, -0.2) is 4.68 Å². The van der Waals surface area contributed by atoms with E-state index in [-0.39, 0.29) is 11.9 Å². The molecule has 1 aliphatic rings. The molecule has 1 unspecified atom stereocenters. The zero-order valence-corrected chi connectivity index (χ0v) is 15.7. The van der Waals surface area contributed by atoms with Gasteiger partial charge in [-0.3, -0.25) is 4.79 Å². The Hall–Kier alpha value is -2.88. The Morgan fingerprint density at radius 3 is 2.67 bits per heavy atom. The number of para-hydroxylation sites is 1. The highest BCUT2D eigenvalue weighted by Crippen LogP contribution is 2.32. The van der Waals surface area contributed by atoms with Gasteiger partial charge in [0, 0.05) is 19.2 Å². The normalized spacial score (nSPS) is 16.6.